The molecule has 0 amide bonds. The van der Waals surface area contributed by atoms with Crippen LogP contribution in [0.2, 0.25) is 0 Å². The highest BCUT2D eigenvalue weighted by Crippen LogP contribution is 2.13. The van der Waals surface area contributed by atoms with Crippen molar-refractivity contribution in [3.05, 3.63) is 0 Å². The fourth-order valence-electron chi connectivity index (χ4n) is 2.46. The van der Waals surface area contributed by atoms with Crippen LogP contribution in [-0.4, -0.2) is 17.1 Å². The van der Waals surface area contributed by atoms with Gasteiger partial charge < -0.3 is 5.11 Å². The first kappa shape index (κ1) is 19.1. The van der Waals surface area contributed by atoms with Gasteiger partial charge in [0.05, 0.1) is 0 Å². The van der Waals surface area contributed by atoms with Crippen LogP contribution in [0.1, 0.15) is 96.3 Å². The van der Waals surface area contributed by atoms with E-state index in [-0.39, 0.29) is 0 Å². The average molecular weight is 287 g/mol. The van der Waals surface area contributed by atoms with Gasteiger partial charge >= 0.3 is 0 Å². The molecule has 0 aromatic carbocycles. The predicted molar refractivity (Wildman–Crippen MR) is 90.0 cm³/mol. The van der Waals surface area contributed by atoms with E-state index < -0.39 is 0 Å². The third-order valence-corrected chi connectivity index (χ3v) is 3.97. The highest BCUT2D eigenvalue weighted by molar-refractivity contribution is 7.78. The first-order chi connectivity index (χ1) is 9.41. The molecule has 0 radical (unpaired) electrons. The van der Waals surface area contributed by atoms with Crippen LogP contribution in [-0.2, 0) is 0 Å². The molecule has 0 atom stereocenters. The number of rotatable bonds is 16. The molecule has 1 N–H and O–H groups in total. The standard InChI is InChI=1S/C17H34OS/c18-16-14-12-10-8-6-4-2-1-3-5-7-9-11-13-15-17-19/h17-18H,1-16H2. The van der Waals surface area contributed by atoms with Gasteiger partial charge in [-0.15, -0.1) is 0 Å². The third kappa shape index (κ3) is 18.1. The van der Waals surface area contributed by atoms with E-state index in [0.29, 0.717) is 6.61 Å². The summed E-state index contributed by atoms with van der Waals surface area (Å²) < 4.78 is 0. The molecule has 0 saturated heterocycles. The van der Waals surface area contributed by atoms with Crippen LogP contribution in [0.3, 0.4) is 0 Å². The van der Waals surface area contributed by atoms with Crippen molar-refractivity contribution in [2.45, 2.75) is 96.3 Å². The molecule has 0 fully saturated rings. The number of hydrogen-bond donors (Lipinski definition) is 1. The van der Waals surface area contributed by atoms with Gasteiger partial charge in [-0.2, -0.15) is 0 Å². The normalized spacial score (nSPS) is 10.8. The summed E-state index contributed by atoms with van der Waals surface area (Å²) in [5, 5.41) is 10.5. The van der Waals surface area contributed by atoms with Crippen molar-refractivity contribution >= 4 is 17.6 Å². The first-order valence-corrected chi connectivity index (χ1v) is 8.93. The summed E-state index contributed by atoms with van der Waals surface area (Å²) in [7, 11) is 0. The van der Waals surface area contributed by atoms with Gasteiger partial charge in [-0.3, -0.25) is 0 Å². The van der Waals surface area contributed by atoms with Crippen molar-refractivity contribution in [3.63, 3.8) is 0 Å². The summed E-state index contributed by atoms with van der Waals surface area (Å²) in [4.78, 5) is 0. The summed E-state index contributed by atoms with van der Waals surface area (Å²) in [6, 6.07) is 0. The van der Waals surface area contributed by atoms with E-state index >= 15 is 0 Å². The van der Waals surface area contributed by atoms with Crippen molar-refractivity contribution in [1.82, 2.24) is 0 Å². The summed E-state index contributed by atoms with van der Waals surface area (Å²) in [6.45, 7) is 0.367. The topological polar surface area (TPSA) is 20.2 Å². The van der Waals surface area contributed by atoms with Gasteiger partial charge in [0.15, 0.2) is 0 Å². The highest BCUT2D eigenvalue weighted by Gasteiger charge is 1.93. The molecule has 0 rings (SSSR count). The van der Waals surface area contributed by atoms with Crippen LogP contribution in [0.25, 0.3) is 0 Å². The lowest BCUT2D eigenvalue weighted by molar-refractivity contribution is 0.282. The third-order valence-electron chi connectivity index (χ3n) is 3.73. The maximum Gasteiger partial charge on any atom is 0.0431 e. The van der Waals surface area contributed by atoms with Gasteiger partial charge in [0, 0.05) is 6.61 Å². The zero-order valence-electron chi connectivity index (χ0n) is 12.7. The van der Waals surface area contributed by atoms with Crippen molar-refractivity contribution in [3.8, 4) is 0 Å². The Hall–Kier alpha value is 0.0500. The van der Waals surface area contributed by atoms with E-state index in [0.717, 1.165) is 12.8 Å². The van der Waals surface area contributed by atoms with Crippen LogP contribution < -0.4 is 0 Å². The molecule has 0 aliphatic carbocycles. The average Bonchev–Trinajstić information content (AvgIpc) is 2.43. The number of thiocarbonyl (C=S) groups is 1. The van der Waals surface area contributed by atoms with E-state index in [1.807, 2.05) is 5.37 Å². The SMILES string of the molecule is OCCCCCCCCCCCCCCCCC=S. The minimum atomic E-state index is 0.367. The van der Waals surface area contributed by atoms with Crippen molar-refractivity contribution < 1.29 is 5.11 Å². The monoisotopic (exact) mass is 286 g/mol. The second-order valence-electron chi connectivity index (χ2n) is 5.63. The summed E-state index contributed by atoms with van der Waals surface area (Å²) in [6.07, 6.45) is 20.0. The molecule has 0 aliphatic heterocycles. The maximum atomic E-state index is 8.66. The van der Waals surface area contributed by atoms with Gasteiger partial charge in [-0.05, 0) is 24.6 Å². The molecule has 0 aromatic rings. The van der Waals surface area contributed by atoms with E-state index in [1.54, 1.807) is 0 Å². The summed E-state index contributed by atoms with van der Waals surface area (Å²) in [5.41, 5.74) is 0. The van der Waals surface area contributed by atoms with Crippen molar-refractivity contribution in [1.29, 1.82) is 0 Å². The molecule has 1 nitrogen and oxygen atoms in total. The number of hydrogen-bond acceptors (Lipinski definition) is 2. The molecule has 0 unspecified atom stereocenters. The van der Waals surface area contributed by atoms with Crippen LogP contribution in [0, 0.1) is 0 Å². The Morgan fingerprint density at radius 1 is 0.526 bits per heavy atom. The Labute approximate surface area is 126 Å². The molecule has 0 saturated carbocycles. The van der Waals surface area contributed by atoms with Gasteiger partial charge in [-0.25, -0.2) is 0 Å². The van der Waals surface area contributed by atoms with Crippen LogP contribution in [0.4, 0.5) is 0 Å². The number of unbranched alkanes of at least 4 members (excludes halogenated alkanes) is 14. The molecule has 19 heavy (non-hydrogen) atoms. The maximum absolute atomic E-state index is 8.66. The van der Waals surface area contributed by atoms with Crippen LogP contribution in [0.5, 0.6) is 0 Å². The van der Waals surface area contributed by atoms with Crippen molar-refractivity contribution in [2.75, 3.05) is 6.61 Å². The lowest BCUT2D eigenvalue weighted by atomic mass is 10.0. The van der Waals surface area contributed by atoms with E-state index in [9.17, 15) is 0 Å². The minimum absolute atomic E-state index is 0.367. The molecule has 0 aromatic heterocycles. The van der Waals surface area contributed by atoms with Crippen molar-refractivity contribution in [2.24, 2.45) is 0 Å². The molecular formula is C17H34OS. The second kappa shape index (κ2) is 18.0. The summed E-state index contributed by atoms with van der Waals surface area (Å²) in [5.74, 6) is 0. The fourth-order valence-corrected chi connectivity index (χ4v) is 2.63. The van der Waals surface area contributed by atoms with Crippen LogP contribution >= 0.6 is 12.2 Å². The quantitative estimate of drug-likeness (QED) is 0.284. The number of aliphatic hydroxyl groups is 1. The molecule has 0 aliphatic rings. The summed E-state index contributed by atoms with van der Waals surface area (Å²) >= 11 is 4.82. The smallest absolute Gasteiger partial charge is 0.0431 e. The second-order valence-corrected chi connectivity index (χ2v) is 5.96. The highest BCUT2D eigenvalue weighted by atomic mass is 32.1. The van der Waals surface area contributed by atoms with Gasteiger partial charge in [0.2, 0.25) is 0 Å². The van der Waals surface area contributed by atoms with E-state index in [4.69, 9.17) is 17.3 Å². The van der Waals surface area contributed by atoms with Gasteiger partial charge in [0.25, 0.3) is 0 Å². The first-order valence-electron chi connectivity index (χ1n) is 8.46. The Bertz CT molecular complexity index is 171. The predicted octanol–water partition coefficient (Wildman–Crippen LogP) is 5.83. The Kier molecular flexibility index (Phi) is 18.1. The molecule has 0 bridgehead atoms. The van der Waals surface area contributed by atoms with E-state index in [2.05, 4.69) is 0 Å². The lowest BCUT2D eigenvalue weighted by Gasteiger charge is -2.02. The molecule has 0 spiro atoms. The molecule has 0 heterocycles. The van der Waals surface area contributed by atoms with E-state index in [1.165, 1.54) is 83.5 Å². The Balaban J connectivity index is 2.89. The largest absolute Gasteiger partial charge is 0.396 e. The fraction of sp³-hybridized carbons (Fsp3) is 0.941. The molecular weight excluding hydrogens is 252 g/mol. The van der Waals surface area contributed by atoms with Gasteiger partial charge in [-0.1, -0.05) is 89.3 Å². The zero-order valence-corrected chi connectivity index (χ0v) is 13.6. The molecule has 114 valence electrons. The Morgan fingerprint density at radius 3 is 1.16 bits per heavy atom. The van der Waals surface area contributed by atoms with Gasteiger partial charge in [0.1, 0.15) is 0 Å². The minimum Gasteiger partial charge on any atom is -0.396 e. The van der Waals surface area contributed by atoms with Crippen LogP contribution in [0.15, 0.2) is 0 Å². The zero-order chi connectivity index (χ0) is 14.0. The molecule has 2 heteroatoms. The number of aliphatic hydroxyl groups excluding tert-OH is 1. The Morgan fingerprint density at radius 2 is 0.842 bits per heavy atom. The lowest BCUT2D eigenvalue weighted by Crippen LogP contribution is -1.85.